The van der Waals surface area contributed by atoms with E-state index in [-0.39, 0.29) is 0 Å². The Bertz CT molecular complexity index is 188. The maximum Gasteiger partial charge on any atom is 0.00507 e. The summed E-state index contributed by atoms with van der Waals surface area (Å²) in [6.07, 6.45) is 7.48. The van der Waals surface area contributed by atoms with Gasteiger partial charge in [0.05, 0.1) is 0 Å². The number of likely N-dealkylation sites (tertiary alicyclic amines) is 1. The molecule has 0 aromatic carbocycles. The SMILES string of the molecule is CC(C)(C)CN1CC2(CCCCC2)C1. The fourth-order valence-corrected chi connectivity index (χ4v) is 3.30. The number of nitrogens with zero attached hydrogens (tertiary/aromatic N) is 1. The van der Waals surface area contributed by atoms with Crippen LogP contribution >= 0.6 is 0 Å². The van der Waals surface area contributed by atoms with Crippen molar-refractivity contribution >= 4 is 0 Å². The van der Waals surface area contributed by atoms with Gasteiger partial charge in [0.1, 0.15) is 0 Å². The molecule has 2 rings (SSSR count). The van der Waals surface area contributed by atoms with Crippen molar-refractivity contribution in [3.8, 4) is 0 Å². The topological polar surface area (TPSA) is 3.24 Å². The Morgan fingerprint density at radius 1 is 1.00 bits per heavy atom. The van der Waals surface area contributed by atoms with E-state index in [0.29, 0.717) is 5.41 Å². The Hall–Kier alpha value is -0.0400. The Labute approximate surface area is 88.9 Å². The second kappa shape index (κ2) is 3.52. The molecule has 0 aromatic heterocycles. The van der Waals surface area contributed by atoms with Crippen molar-refractivity contribution in [2.75, 3.05) is 19.6 Å². The zero-order valence-electron chi connectivity index (χ0n) is 10.1. The molecule has 0 atom stereocenters. The molecule has 0 radical (unpaired) electrons. The van der Waals surface area contributed by atoms with Gasteiger partial charge in [-0.25, -0.2) is 0 Å². The van der Waals surface area contributed by atoms with Gasteiger partial charge in [0.15, 0.2) is 0 Å². The Balaban J connectivity index is 1.78. The van der Waals surface area contributed by atoms with Crippen molar-refractivity contribution in [1.29, 1.82) is 0 Å². The van der Waals surface area contributed by atoms with Crippen molar-refractivity contribution in [2.45, 2.75) is 52.9 Å². The van der Waals surface area contributed by atoms with Gasteiger partial charge < -0.3 is 4.90 Å². The lowest BCUT2D eigenvalue weighted by atomic mass is 9.68. The number of hydrogen-bond acceptors (Lipinski definition) is 1. The minimum absolute atomic E-state index is 0.482. The summed E-state index contributed by atoms with van der Waals surface area (Å²) >= 11 is 0. The summed E-state index contributed by atoms with van der Waals surface area (Å²) in [5.74, 6) is 0. The maximum atomic E-state index is 2.66. The molecule has 0 unspecified atom stereocenters. The third-order valence-electron chi connectivity index (χ3n) is 3.73. The van der Waals surface area contributed by atoms with Crippen LogP contribution in [0.3, 0.4) is 0 Å². The molecule has 1 heterocycles. The lowest BCUT2D eigenvalue weighted by Crippen LogP contribution is -2.58. The summed E-state index contributed by atoms with van der Waals surface area (Å²) in [4.78, 5) is 2.66. The van der Waals surface area contributed by atoms with Crippen LogP contribution in [0.4, 0.5) is 0 Å². The van der Waals surface area contributed by atoms with Gasteiger partial charge in [-0.05, 0) is 23.7 Å². The summed E-state index contributed by atoms with van der Waals surface area (Å²) in [6, 6.07) is 0. The molecule has 2 aliphatic rings. The predicted octanol–water partition coefficient (Wildman–Crippen LogP) is 3.30. The van der Waals surface area contributed by atoms with Crippen molar-refractivity contribution in [3.63, 3.8) is 0 Å². The molecule has 1 saturated heterocycles. The molecule has 0 bridgehead atoms. The maximum absolute atomic E-state index is 2.66. The van der Waals surface area contributed by atoms with Crippen LogP contribution in [0, 0.1) is 10.8 Å². The number of rotatable bonds is 1. The summed E-state index contributed by atoms with van der Waals surface area (Å²) < 4.78 is 0. The molecule has 2 fully saturated rings. The van der Waals surface area contributed by atoms with Crippen LogP contribution in [0.25, 0.3) is 0 Å². The fourth-order valence-electron chi connectivity index (χ4n) is 3.30. The molecule has 1 aliphatic heterocycles. The Morgan fingerprint density at radius 2 is 1.57 bits per heavy atom. The van der Waals surface area contributed by atoms with Crippen LogP contribution in [0.1, 0.15) is 52.9 Å². The first kappa shape index (κ1) is 10.5. The summed E-state index contributed by atoms with van der Waals surface area (Å²) in [7, 11) is 0. The van der Waals surface area contributed by atoms with Gasteiger partial charge in [-0.3, -0.25) is 0 Å². The first-order chi connectivity index (χ1) is 6.49. The average Bonchev–Trinajstić information content (AvgIpc) is 2.00. The van der Waals surface area contributed by atoms with Gasteiger partial charge in [0.2, 0.25) is 0 Å². The largest absolute Gasteiger partial charge is 0.302 e. The quantitative estimate of drug-likeness (QED) is 0.620. The highest BCUT2D eigenvalue weighted by atomic mass is 15.2. The van der Waals surface area contributed by atoms with Crippen molar-refractivity contribution in [2.24, 2.45) is 10.8 Å². The summed E-state index contributed by atoms with van der Waals surface area (Å²) in [5, 5.41) is 0. The van der Waals surface area contributed by atoms with E-state index in [1.807, 2.05) is 0 Å². The van der Waals surface area contributed by atoms with Crippen molar-refractivity contribution in [1.82, 2.24) is 4.90 Å². The zero-order valence-corrected chi connectivity index (χ0v) is 10.1. The van der Waals surface area contributed by atoms with E-state index in [1.54, 1.807) is 0 Å². The van der Waals surface area contributed by atoms with Crippen LogP contribution in [0.15, 0.2) is 0 Å². The van der Waals surface area contributed by atoms with E-state index in [9.17, 15) is 0 Å². The normalized spacial score (nSPS) is 27.6. The molecule has 82 valence electrons. The molecule has 1 heteroatoms. The van der Waals surface area contributed by atoms with Gasteiger partial charge in [-0.1, -0.05) is 40.0 Å². The van der Waals surface area contributed by atoms with Gasteiger partial charge in [0.25, 0.3) is 0 Å². The molecule has 1 aliphatic carbocycles. The first-order valence-corrected chi connectivity index (χ1v) is 6.22. The van der Waals surface area contributed by atoms with E-state index in [0.717, 1.165) is 5.41 Å². The van der Waals surface area contributed by atoms with Crippen LogP contribution in [0.2, 0.25) is 0 Å². The molecule has 1 saturated carbocycles. The first-order valence-electron chi connectivity index (χ1n) is 6.22. The van der Waals surface area contributed by atoms with Gasteiger partial charge in [0, 0.05) is 19.6 Å². The lowest BCUT2D eigenvalue weighted by Gasteiger charge is -2.54. The third kappa shape index (κ3) is 2.31. The minimum Gasteiger partial charge on any atom is -0.302 e. The van der Waals surface area contributed by atoms with E-state index >= 15 is 0 Å². The van der Waals surface area contributed by atoms with E-state index in [1.165, 1.54) is 51.7 Å². The molecule has 14 heavy (non-hydrogen) atoms. The van der Waals surface area contributed by atoms with E-state index in [2.05, 4.69) is 25.7 Å². The van der Waals surface area contributed by atoms with Crippen LogP contribution < -0.4 is 0 Å². The van der Waals surface area contributed by atoms with Gasteiger partial charge in [-0.15, -0.1) is 0 Å². The fraction of sp³-hybridized carbons (Fsp3) is 1.00. The van der Waals surface area contributed by atoms with Crippen LogP contribution in [-0.2, 0) is 0 Å². The van der Waals surface area contributed by atoms with Gasteiger partial charge in [-0.2, -0.15) is 0 Å². The van der Waals surface area contributed by atoms with Crippen LogP contribution in [0.5, 0.6) is 0 Å². The smallest absolute Gasteiger partial charge is 0.00507 e. The highest BCUT2D eigenvalue weighted by Gasteiger charge is 2.43. The molecule has 0 N–H and O–H groups in total. The monoisotopic (exact) mass is 195 g/mol. The average molecular weight is 195 g/mol. The van der Waals surface area contributed by atoms with Gasteiger partial charge >= 0.3 is 0 Å². The molecular formula is C13H25N. The molecule has 1 nitrogen and oxygen atoms in total. The zero-order chi connectivity index (χ0) is 10.2. The van der Waals surface area contributed by atoms with E-state index < -0.39 is 0 Å². The van der Waals surface area contributed by atoms with E-state index in [4.69, 9.17) is 0 Å². The second-order valence-corrected chi connectivity index (χ2v) is 6.77. The number of hydrogen-bond donors (Lipinski definition) is 0. The highest BCUT2D eigenvalue weighted by Crippen LogP contribution is 2.44. The molecule has 1 spiro atoms. The molecule has 0 aromatic rings. The Kier molecular flexibility index (Phi) is 2.63. The highest BCUT2D eigenvalue weighted by molar-refractivity contribution is 4.97. The standard InChI is InChI=1S/C13H25N/c1-12(2,3)9-14-10-13(11-14)7-5-4-6-8-13/h4-11H2,1-3H3. The molecule has 0 amide bonds. The molecular weight excluding hydrogens is 170 g/mol. The van der Waals surface area contributed by atoms with Crippen molar-refractivity contribution in [3.05, 3.63) is 0 Å². The lowest BCUT2D eigenvalue weighted by molar-refractivity contribution is -0.0439. The predicted molar refractivity (Wildman–Crippen MR) is 61.4 cm³/mol. The van der Waals surface area contributed by atoms with Crippen molar-refractivity contribution < 1.29 is 0 Å². The summed E-state index contributed by atoms with van der Waals surface area (Å²) in [6.45, 7) is 11.1. The Morgan fingerprint density at radius 3 is 2.07 bits per heavy atom. The summed E-state index contributed by atoms with van der Waals surface area (Å²) in [5.41, 5.74) is 1.25. The third-order valence-corrected chi connectivity index (χ3v) is 3.73. The minimum atomic E-state index is 0.482. The van der Waals surface area contributed by atoms with Crippen LogP contribution in [-0.4, -0.2) is 24.5 Å². The second-order valence-electron chi connectivity index (χ2n) is 6.77.